The highest BCUT2D eigenvalue weighted by Gasteiger charge is 2.33. The van der Waals surface area contributed by atoms with Gasteiger partial charge in [0, 0.05) is 42.5 Å². The van der Waals surface area contributed by atoms with E-state index in [-0.39, 0.29) is 56.3 Å². The zero-order valence-corrected chi connectivity index (χ0v) is 34.5. The third-order valence-corrected chi connectivity index (χ3v) is 10.9. The van der Waals surface area contributed by atoms with E-state index >= 15 is 0 Å². The second kappa shape index (κ2) is 19.2. The molecule has 0 saturated carbocycles. The van der Waals surface area contributed by atoms with E-state index in [1.54, 1.807) is 42.5 Å². The second-order valence-corrected chi connectivity index (χ2v) is 15.6. The molecule has 60 heavy (non-hydrogen) atoms. The number of carbonyl (C=O) groups is 2. The molecular formula is C44H53F4N7O5. The number of rotatable bonds is 13. The molecule has 0 radical (unpaired) electrons. The van der Waals surface area contributed by atoms with E-state index in [4.69, 9.17) is 9.47 Å². The summed E-state index contributed by atoms with van der Waals surface area (Å²) in [7, 11) is 5.21. The van der Waals surface area contributed by atoms with Crippen LogP contribution in [0, 0.1) is 17.8 Å². The number of amides is 2. The predicted octanol–water partition coefficient (Wildman–Crippen LogP) is 5.43. The normalized spacial score (nSPS) is 19.7. The predicted molar refractivity (Wildman–Crippen MR) is 225 cm³/mol. The average Bonchev–Trinajstić information content (AvgIpc) is 3.54. The van der Waals surface area contributed by atoms with Crippen LogP contribution in [-0.4, -0.2) is 117 Å². The van der Waals surface area contributed by atoms with Crippen molar-refractivity contribution >= 4 is 39.8 Å². The van der Waals surface area contributed by atoms with Gasteiger partial charge in [-0.25, -0.2) is 4.39 Å². The Morgan fingerprint density at radius 3 is 2.60 bits per heavy atom. The van der Waals surface area contributed by atoms with Crippen LogP contribution in [0.4, 0.5) is 34.6 Å². The van der Waals surface area contributed by atoms with Gasteiger partial charge in [0.25, 0.3) is 5.91 Å². The summed E-state index contributed by atoms with van der Waals surface area (Å²) in [5.74, 6) is 6.35. The number of aromatic nitrogens is 1. The maximum absolute atomic E-state index is 14.9. The number of fused-ring (bicyclic) bond motifs is 2. The highest BCUT2D eigenvalue weighted by Crippen LogP contribution is 2.33. The Balaban J connectivity index is 1.09. The van der Waals surface area contributed by atoms with Gasteiger partial charge in [0.2, 0.25) is 5.91 Å². The molecule has 16 heteroatoms. The molecule has 0 spiro atoms. The van der Waals surface area contributed by atoms with Gasteiger partial charge in [0.15, 0.2) is 0 Å². The number of methoxy groups -OCH3 is 1. The Bertz CT molecular complexity index is 2220. The molecule has 5 N–H and O–H groups in total. The fraction of sp³-hybridized carbons (Fsp3) is 0.455. The van der Waals surface area contributed by atoms with Crippen molar-refractivity contribution in [2.45, 2.75) is 63.7 Å². The summed E-state index contributed by atoms with van der Waals surface area (Å²) in [4.78, 5) is 29.9. The molecule has 6 rings (SSSR count). The van der Waals surface area contributed by atoms with Crippen molar-refractivity contribution in [1.82, 2.24) is 20.1 Å². The van der Waals surface area contributed by atoms with Crippen molar-refractivity contribution in [1.29, 1.82) is 0 Å². The Kier molecular flexibility index (Phi) is 14.0. The molecule has 3 heterocycles. The van der Waals surface area contributed by atoms with E-state index in [9.17, 15) is 32.3 Å². The molecule has 2 aliphatic rings. The van der Waals surface area contributed by atoms with Crippen LogP contribution in [0.15, 0.2) is 60.7 Å². The van der Waals surface area contributed by atoms with Gasteiger partial charge in [-0.15, -0.1) is 0 Å². The van der Waals surface area contributed by atoms with Crippen LogP contribution >= 0.6 is 0 Å². The average molecular weight is 836 g/mol. The van der Waals surface area contributed by atoms with Gasteiger partial charge in [0.05, 0.1) is 55.8 Å². The Labute approximate surface area is 347 Å². The fourth-order valence-corrected chi connectivity index (χ4v) is 7.93. The van der Waals surface area contributed by atoms with Crippen LogP contribution in [0.1, 0.15) is 41.9 Å². The number of aliphatic hydroxyl groups is 1. The lowest BCUT2D eigenvalue weighted by Gasteiger charge is -2.37. The molecule has 3 aromatic carbocycles. The number of likely N-dealkylation sites (tertiary alicyclic amines) is 1. The van der Waals surface area contributed by atoms with Crippen LogP contribution in [0.2, 0.25) is 0 Å². The monoisotopic (exact) mass is 835 g/mol. The van der Waals surface area contributed by atoms with E-state index in [0.717, 1.165) is 15.8 Å². The number of piperidine rings is 1. The van der Waals surface area contributed by atoms with Gasteiger partial charge < -0.3 is 50.2 Å². The molecule has 1 aromatic heterocycles. The molecule has 1 fully saturated rings. The number of benzene rings is 3. The summed E-state index contributed by atoms with van der Waals surface area (Å²) >= 11 is 0. The van der Waals surface area contributed by atoms with Crippen LogP contribution < -0.4 is 35.6 Å². The van der Waals surface area contributed by atoms with Gasteiger partial charge in [-0.3, -0.25) is 9.59 Å². The minimum absolute atomic E-state index is 0.0210. The fourth-order valence-electron chi connectivity index (χ4n) is 7.93. The number of halogens is 4. The zero-order chi connectivity index (χ0) is 43.1. The minimum atomic E-state index is -4.51. The molecule has 0 bridgehead atoms. The maximum atomic E-state index is 14.9. The third kappa shape index (κ3) is 10.6. The summed E-state index contributed by atoms with van der Waals surface area (Å²) in [5.41, 5.74) is 3.61. The van der Waals surface area contributed by atoms with Crippen molar-refractivity contribution in [3.63, 3.8) is 0 Å². The number of carbonyl (C=O) groups excluding carboxylic acids is 2. The summed E-state index contributed by atoms with van der Waals surface area (Å²) in [6.07, 6.45) is -4.66. The lowest BCUT2D eigenvalue weighted by atomic mass is 9.95. The Morgan fingerprint density at radius 1 is 1.08 bits per heavy atom. The molecule has 0 unspecified atom stereocenters. The van der Waals surface area contributed by atoms with Crippen LogP contribution in [-0.2, 0) is 17.8 Å². The van der Waals surface area contributed by atoms with E-state index in [2.05, 4.69) is 33.1 Å². The number of alkyl halides is 4. The number of ether oxygens (including phenoxy) is 2. The number of hydrogen-bond acceptors (Lipinski definition) is 9. The molecule has 2 amide bonds. The number of nitrogens with zero attached hydrogens (tertiary/aromatic N) is 3. The van der Waals surface area contributed by atoms with Crippen molar-refractivity contribution < 1.29 is 41.7 Å². The van der Waals surface area contributed by atoms with Gasteiger partial charge in [-0.05, 0) is 91.9 Å². The highest BCUT2D eigenvalue weighted by atomic mass is 19.4. The lowest BCUT2D eigenvalue weighted by Crippen LogP contribution is -2.54. The smallest absolute Gasteiger partial charge is 0.406 e. The molecule has 4 aromatic rings. The minimum Gasteiger partial charge on any atom is -0.495 e. The number of nitrogens with one attached hydrogen (secondary N) is 4. The molecule has 4 atom stereocenters. The van der Waals surface area contributed by atoms with E-state index in [0.29, 0.717) is 58.7 Å². The van der Waals surface area contributed by atoms with Crippen LogP contribution in [0.3, 0.4) is 0 Å². The van der Waals surface area contributed by atoms with Gasteiger partial charge in [0.1, 0.15) is 36.9 Å². The summed E-state index contributed by atoms with van der Waals surface area (Å²) in [6, 6.07) is 15.7. The van der Waals surface area contributed by atoms with Crippen molar-refractivity contribution in [3.05, 3.63) is 77.5 Å². The first kappa shape index (κ1) is 43.9. The van der Waals surface area contributed by atoms with Crippen LogP contribution in [0.25, 0.3) is 10.9 Å². The van der Waals surface area contributed by atoms with Crippen molar-refractivity contribution in [2.24, 2.45) is 5.92 Å². The Morgan fingerprint density at radius 2 is 1.88 bits per heavy atom. The molecule has 0 aliphatic carbocycles. The first-order valence-electron chi connectivity index (χ1n) is 20.0. The van der Waals surface area contributed by atoms with Gasteiger partial charge in [-0.2, -0.15) is 13.2 Å². The topological polar surface area (TPSA) is 132 Å². The standard InChI is InChI=1S/C44H53F4N7O5/c1-27(2)41-43(58)51-30(25-56)20-29-21-32(12-13-38(29)54(41)4)60-19-17-50-42(57)28-11-14-40(59-5)37(22-28)49-16-7-8-31-23-33-35(52-36-15-18-53(3)24-34(36)45)9-6-10-39(33)55(31)26-44(46,47)48/h6,9-14,21-23,27,30,34,36,41,49,52,56H,15-20,24-26H2,1-5H3,(H,50,57)(H,51,58)/t30-,34-,36+,41-/m0/s1. The summed E-state index contributed by atoms with van der Waals surface area (Å²) in [6.45, 7) is 3.86. The largest absolute Gasteiger partial charge is 0.495 e. The first-order chi connectivity index (χ1) is 28.6. The number of likely N-dealkylation sites (N-methyl/N-ethyl adjacent to an activating group) is 1. The van der Waals surface area contributed by atoms with E-state index in [1.807, 2.05) is 55.9 Å². The second-order valence-electron chi connectivity index (χ2n) is 15.6. The Hall–Kier alpha value is -5.66. The molecule has 12 nitrogen and oxygen atoms in total. The zero-order valence-electron chi connectivity index (χ0n) is 34.5. The van der Waals surface area contributed by atoms with E-state index in [1.165, 1.54) is 7.11 Å². The van der Waals surface area contributed by atoms with Crippen molar-refractivity contribution in [3.8, 4) is 23.3 Å². The number of aliphatic hydroxyl groups excluding tert-OH is 1. The molecular weight excluding hydrogens is 783 g/mol. The van der Waals surface area contributed by atoms with Gasteiger partial charge >= 0.3 is 6.18 Å². The first-order valence-corrected chi connectivity index (χ1v) is 20.0. The highest BCUT2D eigenvalue weighted by molar-refractivity contribution is 5.96. The van der Waals surface area contributed by atoms with Crippen molar-refractivity contribution in [2.75, 3.05) is 76.1 Å². The van der Waals surface area contributed by atoms with Gasteiger partial charge in [-0.1, -0.05) is 25.8 Å². The summed E-state index contributed by atoms with van der Waals surface area (Å²) in [5, 5.41) is 22.6. The molecule has 2 aliphatic heterocycles. The molecule has 322 valence electrons. The lowest BCUT2D eigenvalue weighted by molar-refractivity contribution is -0.140. The SMILES string of the molecule is COc1ccc(C(=O)NCCOc2ccc3c(c2)C[C@@H](CO)NC(=O)[C@H](C(C)C)N3C)cc1NCC#Cc1cc2c(N[C@@H]3CCN(C)C[C@@H]3F)cccc2n1CC(F)(F)F. The quantitative estimate of drug-likeness (QED) is 0.0680. The number of hydrogen-bond donors (Lipinski definition) is 5. The van der Waals surface area contributed by atoms with Crippen LogP contribution in [0.5, 0.6) is 11.5 Å². The maximum Gasteiger partial charge on any atom is 0.406 e. The number of anilines is 3. The third-order valence-electron chi connectivity index (χ3n) is 10.9. The molecule has 1 saturated heterocycles. The summed E-state index contributed by atoms with van der Waals surface area (Å²) < 4.78 is 68.8. The van der Waals surface area contributed by atoms with E-state index < -0.39 is 37.0 Å².